The Hall–Kier alpha value is -5.28. The van der Waals surface area contributed by atoms with Gasteiger partial charge >= 0.3 is 18.3 Å². The number of aromatic nitrogens is 5. The van der Waals surface area contributed by atoms with Crippen LogP contribution in [0, 0.1) is 0 Å². The molecule has 4 amide bonds. The van der Waals surface area contributed by atoms with Crippen LogP contribution in [-0.4, -0.2) is 82.6 Å². The summed E-state index contributed by atoms with van der Waals surface area (Å²) >= 11 is 0. The number of carboxylic acid groups (broad SMARTS) is 1. The minimum Gasteiger partial charge on any atom is -0.465 e. The van der Waals surface area contributed by atoms with Gasteiger partial charge in [-0.2, -0.15) is 20.1 Å². The van der Waals surface area contributed by atoms with Crippen molar-refractivity contribution in [3.05, 3.63) is 66.2 Å². The first-order valence-corrected chi connectivity index (χ1v) is 12.9. The van der Waals surface area contributed by atoms with Gasteiger partial charge in [-0.25, -0.2) is 24.0 Å². The number of alkyl carbamates (subject to hydrolysis) is 1. The van der Waals surface area contributed by atoms with E-state index in [9.17, 15) is 24.3 Å². The molecule has 1 aliphatic rings. The number of nitrogens with one attached hydrogen (secondary N) is 2. The topological polar surface area (TPSA) is 195 Å². The fourth-order valence-corrected chi connectivity index (χ4v) is 3.94. The lowest BCUT2D eigenvalue weighted by Gasteiger charge is -2.36. The molecule has 16 nitrogen and oxygen atoms in total. The highest BCUT2D eigenvalue weighted by Crippen LogP contribution is 2.20. The molecule has 1 aliphatic heterocycles. The van der Waals surface area contributed by atoms with Gasteiger partial charge < -0.3 is 25.2 Å². The largest absolute Gasteiger partial charge is 0.465 e. The van der Waals surface area contributed by atoms with E-state index in [1.807, 2.05) is 18.2 Å². The van der Waals surface area contributed by atoms with Crippen molar-refractivity contribution in [2.45, 2.75) is 64.6 Å². The fourth-order valence-electron chi connectivity index (χ4n) is 3.94. The third-order valence-electron chi connectivity index (χ3n) is 5.94. The van der Waals surface area contributed by atoms with E-state index >= 15 is 0 Å². The van der Waals surface area contributed by atoms with Crippen LogP contribution in [0.5, 0.6) is 0 Å². The van der Waals surface area contributed by atoms with Crippen molar-refractivity contribution in [3.63, 3.8) is 0 Å². The SMILES string of the molecule is CC(c1cnn(C[C@H]2NC(=O)[C@H]2NC(=O)OCc2ccccc2)n1)N(C(=O)O)/C(=N/C(=O)OC(C)(C)C)n1cccn1. The molecule has 42 heavy (non-hydrogen) atoms. The molecule has 0 bridgehead atoms. The Balaban J connectivity index is 1.44. The minimum atomic E-state index is -1.43. The zero-order chi connectivity index (χ0) is 30.4. The lowest BCUT2D eigenvalue weighted by Crippen LogP contribution is -2.70. The maximum absolute atomic E-state index is 12.5. The van der Waals surface area contributed by atoms with Crippen LogP contribution in [0.1, 0.15) is 45.0 Å². The molecule has 3 aromatic rings. The molecule has 1 aromatic carbocycles. The summed E-state index contributed by atoms with van der Waals surface area (Å²) in [5.74, 6) is -0.718. The second-order valence-corrected chi connectivity index (χ2v) is 10.3. The summed E-state index contributed by atoms with van der Waals surface area (Å²) in [6.07, 6.45) is 1.00. The van der Waals surface area contributed by atoms with Crippen molar-refractivity contribution in [1.29, 1.82) is 0 Å². The molecule has 3 N–H and O–H groups in total. The summed E-state index contributed by atoms with van der Waals surface area (Å²) in [6.45, 7) is 6.62. The third kappa shape index (κ3) is 7.47. The van der Waals surface area contributed by atoms with Crippen molar-refractivity contribution < 1.29 is 33.8 Å². The number of hydrogen-bond donors (Lipinski definition) is 3. The predicted molar refractivity (Wildman–Crippen MR) is 145 cm³/mol. The second-order valence-electron chi connectivity index (χ2n) is 10.3. The van der Waals surface area contributed by atoms with Crippen LogP contribution in [0.3, 0.4) is 0 Å². The quantitative estimate of drug-likeness (QED) is 0.211. The molecule has 3 atom stereocenters. The van der Waals surface area contributed by atoms with E-state index in [1.54, 1.807) is 39.0 Å². The molecule has 0 aliphatic carbocycles. The van der Waals surface area contributed by atoms with Gasteiger partial charge in [0.15, 0.2) is 0 Å². The number of carbonyl (C=O) groups excluding carboxylic acids is 3. The number of nitrogens with zero attached hydrogens (tertiary/aromatic N) is 7. The van der Waals surface area contributed by atoms with E-state index < -0.39 is 47.9 Å². The van der Waals surface area contributed by atoms with Crippen molar-refractivity contribution in [1.82, 2.24) is 40.3 Å². The van der Waals surface area contributed by atoms with Gasteiger partial charge in [0.05, 0.1) is 24.8 Å². The summed E-state index contributed by atoms with van der Waals surface area (Å²) in [4.78, 5) is 55.2. The van der Waals surface area contributed by atoms with Crippen molar-refractivity contribution in [3.8, 4) is 0 Å². The fraction of sp³-hybridized carbons (Fsp3) is 0.385. The Morgan fingerprint density at radius 2 is 1.93 bits per heavy atom. The number of amides is 4. The highest BCUT2D eigenvalue weighted by Gasteiger charge is 2.41. The van der Waals surface area contributed by atoms with Crippen LogP contribution >= 0.6 is 0 Å². The Bertz CT molecular complexity index is 1450. The van der Waals surface area contributed by atoms with Gasteiger partial charge in [-0.3, -0.25) is 4.79 Å². The first kappa shape index (κ1) is 29.7. The summed E-state index contributed by atoms with van der Waals surface area (Å²) < 4.78 is 11.6. The van der Waals surface area contributed by atoms with E-state index in [4.69, 9.17) is 9.47 Å². The number of β-lactam (4-membered cyclic amide) rings is 1. The van der Waals surface area contributed by atoms with Gasteiger partial charge in [0.25, 0.3) is 0 Å². The molecular formula is C26H31N9O7. The van der Waals surface area contributed by atoms with Gasteiger partial charge in [0.2, 0.25) is 11.9 Å². The Morgan fingerprint density at radius 1 is 1.19 bits per heavy atom. The van der Waals surface area contributed by atoms with Crippen LogP contribution in [0.4, 0.5) is 14.4 Å². The summed E-state index contributed by atoms with van der Waals surface area (Å²) in [7, 11) is 0. The number of carbonyl (C=O) groups is 4. The van der Waals surface area contributed by atoms with E-state index in [1.165, 1.54) is 30.3 Å². The molecule has 1 unspecified atom stereocenters. The predicted octanol–water partition coefficient (Wildman–Crippen LogP) is 2.15. The highest BCUT2D eigenvalue weighted by atomic mass is 16.6. The monoisotopic (exact) mass is 581 g/mol. The van der Waals surface area contributed by atoms with Gasteiger partial charge in [-0.15, -0.1) is 4.99 Å². The van der Waals surface area contributed by atoms with Crippen LogP contribution in [0.15, 0.2) is 60.0 Å². The lowest BCUT2D eigenvalue weighted by atomic mass is 9.99. The van der Waals surface area contributed by atoms with E-state index in [-0.39, 0.29) is 24.8 Å². The van der Waals surface area contributed by atoms with Crippen molar-refractivity contribution in [2.24, 2.45) is 4.99 Å². The summed E-state index contributed by atoms with van der Waals surface area (Å²) in [5, 5.41) is 27.9. The maximum Gasteiger partial charge on any atom is 0.437 e. The van der Waals surface area contributed by atoms with E-state index in [0.29, 0.717) is 0 Å². The average molecular weight is 582 g/mol. The van der Waals surface area contributed by atoms with Gasteiger partial charge in [-0.05, 0) is 39.3 Å². The molecule has 1 fully saturated rings. The number of rotatable bonds is 7. The number of benzene rings is 1. The molecule has 2 aromatic heterocycles. The standard InChI is InChI=1S/C26H31N9O7/c1-16(35(25(39)40)22(33-12-8-11-27-33)31-24(38)42-26(2,3)4)18-13-28-34(32-18)14-19-20(21(36)29-19)30-23(37)41-15-17-9-6-5-7-10-17/h5-13,16,19-20H,14-15H2,1-4H3,(H,29,36)(H,30,37)(H,39,40)/b31-22+/t16?,19-,20+/m1/s1. The van der Waals surface area contributed by atoms with Crippen LogP contribution < -0.4 is 10.6 Å². The normalized spacial score (nSPS) is 17.4. The van der Waals surface area contributed by atoms with Crippen molar-refractivity contribution >= 4 is 30.1 Å². The third-order valence-corrected chi connectivity index (χ3v) is 5.94. The molecular weight excluding hydrogens is 550 g/mol. The first-order valence-electron chi connectivity index (χ1n) is 12.9. The van der Waals surface area contributed by atoms with E-state index in [0.717, 1.165) is 15.1 Å². The average Bonchev–Trinajstić information content (AvgIpc) is 3.62. The summed E-state index contributed by atoms with van der Waals surface area (Å²) in [5.41, 5.74) is 0.159. The Kier molecular flexibility index (Phi) is 8.83. The second kappa shape index (κ2) is 12.5. The van der Waals surface area contributed by atoms with Gasteiger partial charge in [0.1, 0.15) is 23.9 Å². The zero-order valence-electron chi connectivity index (χ0n) is 23.4. The Labute approximate surface area is 240 Å². The van der Waals surface area contributed by atoms with Crippen molar-refractivity contribution in [2.75, 3.05) is 0 Å². The maximum atomic E-state index is 12.5. The molecule has 1 saturated heterocycles. The molecule has 0 spiro atoms. The van der Waals surface area contributed by atoms with E-state index in [2.05, 4.69) is 30.9 Å². The highest BCUT2D eigenvalue weighted by molar-refractivity contribution is 5.99. The lowest BCUT2D eigenvalue weighted by molar-refractivity contribution is -0.132. The molecule has 16 heteroatoms. The first-order chi connectivity index (χ1) is 19.9. The van der Waals surface area contributed by atoms with Crippen LogP contribution in [0.2, 0.25) is 0 Å². The number of aliphatic imine (C=N–C) groups is 1. The van der Waals surface area contributed by atoms with Crippen LogP contribution in [-0.2, 0) is 27.4 Å². The zero-order valence-corrected chi connectivity index (χ0v) is 23.4. The molecule has 3 heterocycles. The summed E-state index contributed by atoms with van der Waals surface area (Å²) in [6, 6.07) is 8.25. The number of hydrogen-bond acceptors (Lipinski definition) is 9. The molecule has 4 rings (SSSR count). The molecule has 222 valence electrons. The van der Waals surface area contributed by atoms with Gasteiger partial charge in [0, 0.05) is 12.4 Å². The number of ether oxygens (including phenoxy) is 2. The Morgan fingerprint density at radius 3 is 2.55 bits per heavy atom. The minimum absolute atomic E-state index is 0.0471. The molecule has 0 saturated carbocycles. The van der Waals surface area contributed by atoms with Gasteiger partial charge in [-0.1, -0.05) is 30.3 Å². The smallest absolute Gasteiger partial charge is 0.437 e. The molecule has 0 radical (unpaired) electrons. The van der Waals surface area contributed by atoms with Crippen LogP contribution in [0.25, 0.3) is 0 Å².